The zero-order valence-corrected chi connectivity index (χ0v) is 13.2. The van der Waals surface area contributed by atoms with Crippen LogP contribution in [0.5, 0.6) is 0 Å². The van der Waals surface area contributed by atoms with Gasteiger partial charge in [0.1, 0.15) is 0 Å². The Kier molecular flexibility index (Phi) is 4.09. The maximum atomic E-state index is 8.90. The van der Waals surface area contributed by atoms with Crippen LogP contribution in [0.25, 0.3) is 0 Å². The van der Waals surface area contributed by atoms with Gasteiger partial charge < -0.3 is 20.7 Å². The van der Waals surface area contributed by atoms with Crippen LogP contribution in [-0.4, -0.2) is 47.2 Å². The minimum Gasteiger partial charge on any atom is -0.408 e. The Labute approximate surface area is 131 Å². The molecule has 120 valence electrons. The van der Waals surface area contributed by atoms with Crippen molar-refractivity contribution in [2.75, 3.05) is 31.1 Å². The number of rotatable bonds is 1. The Morgan fingerprint density at radius 2 is 2.09 bits per heavy atom. The zero-order chi connectivity index (χ0) is 15.6. The largest absolute Gasteiger partial charge is 0.408 e. The molecule has 0 radical (unpaired) electrons. The molecule has 2 aliphatic rings. The number of pyridine rings is 1. The standard InChI is InChI=1S/C16H25N5O/c1-13-11-14(3-7-18-13)20-9-5-16(6-10-20)4-2-8-21(12-16)15(17)19-22/h3,7,11,22H,2,4-6,8-10,12H2,1H3,(H2,17,19). The Bertz CT molecular complexity index is 551. The molecule has 0 aliphatic carbocycles. The Morgan fingerprint density at radius 3 is 2.77 bits per heavy atom. The number of aryl methyl sites for hydroxylation is 1. The normalized spacial score (nSPS) is 22.1. The van der Waals surface area contributed by atoms with Crippen LogP contribution in [0.4, 0.5) is 5.69 Å². The first-order valence-electron chi connectivity index (χ1n) is 8.02. The maximum Gasteiger partial charge on any atom is 0.233 e. The van der Waals surface area contributed by atoms with Gasteiger partial charge in [0, 0.05) is 43.8 Å². The predicted molar refractivity (Wildman–Crippen MR) is 87.1 cm³/mol. The molecule has 1 aromatic heterocycles. The number of piperidine rings is 2. The van der Waals surface area contributed by atoms with E-state index >= 15 is 0 Å². The number of nitrogens with two attached hydrogens (primary N) is 1. The SMILES string of the molecule is Cc1cc(N2CCC3(CCCN(/C(N)=N/O)C3)CC2)ccn1. The van der Waals surface area contributed by atoms with Crippen LogP contribution < -0.4 is 10.6 Å². The Hall–Kier alpha value is -1.98. The molecule has 6 nitrogen and oxygen atoms in total. The summed E-state index contributed by atoms with van der Waals surface area (Å²) in [7, 11) is 0. The van der Waals surface area contributed by atoms with E-state index in [1.54, 1.807) is 0 Å². The highest BCUT2D eigenvalue weighted by atomic mass is 16.4. The number of guanidine groups is 1. The van der Waals surface area contributed by atoms with Crippen molar-refractivity contribution in [1.29, 1.82) is 0 Å². The van der Waals surface area contributed by atoms with E-state index in [9.17, 15) is 0 Å². The highest BCUT2D eigenvalue weighted by Gasteiger charge is 2.39. The number of hydrogen-bond acceptors (Lipinski definition) is 4. The van der Waals surface area contributed by atoms with Crippen LogP contribution in [0.3, 0.4) is 0 Å². The maximum absolute atomic E-state index is 8.90. The van der Waals surface area contributed by atoms with E-state index in [0.29, 0.717) is 5.41 Å². The van der Waals surface area contributed by atoms with Crippen molar-refractivity contribution < 1.29 is 5.21 Å². The highest BCUT2D eigenvalue weighted by Crippen LogP contribution is 2.40. The van der Waals surface area contributed by atoms with Crippen molar-refractivity contribution in [2.24, 2.45) is 16.3 Å². The van der Waals surface area contributed by atoms with E-state index in [-0.39, 0.29) is 5.96 Å². The molecular formula is C16H25N5O. The minimum absolute atomic E-state index is 0.256. The summed E-state index contributed by atoms with van der Waals surface area (Å²) in [5, 5.41) is 12.1. The Morgan fingerprint density at radius 1 is 1.32 bits per heavy atom. The summed E-state index contributed by atoms with van der Waals surface area (Å²) >= 11 is 0. The summed E-state index contributed by atoms with van der Waals surface area (Å²) in [5.41, 5.74) is 8.43. The van der Waals surface area contributed by atoms with Gasteiger partial charge in [-0.15, -0.1) is 0 Å². The molecule has 1 aromatic rings. The summed E-state index contributed by atoms with van der Waals surface area (Å²) in [5.74, 6) is 0.256. The van der Waals surface area contributed by atoms with Crippen LogP contribution in [-0.2, 0) is 0 Å². The zero-order valence-electron chi connectivity index (χ0n) is 13.2. The van der Waals surface area contributed by atoms with Gasteiger partial charge in [0.25, 0.3) is 0 Å². The minimum atomic E-state index is 0.256. The molecule has 3 rings (SSSR count). The second-order valence-electron chi connectivity index (χ2n) is 6.63. The van der Waals surface area contributed by atoms with Gasteiger partial charge in [-0.05, 0) is 50.2 Å². The molecule has 2 fully saturated rings. The van der Waals surface area contributed by atoms with E-state index in [2.05, 4.69) is 27.2 Å². The van der Waals surface area contributed by atoms with Crippen LogP contribution in [0, 0.1) is 12.3 Å². The summed E-state index contributed by atoms with van der Waals surface area (Å²) < 4.78 is 0. The molecule has 6 heteroatoms. The van der Waals surface area contributed by atoms with Crippen molar-refractivity contribution in [2.45, 2.75) is 32.6 Å². The lowest BCUT2D eigenvalue weighted by Gasteiger charge is -2.48. The van der Waals surface area contributed by atoms with Gasteiger partial charge in [0.05, 0.1) is 0 Å². The first kappa shape index (κ1) is 14.9. The quantitative estimate of drug-likeness (QED) is 0.358. The molecule has 2 saturated heterocycles. The fraction of sp³-hybridized carbons (Fsp3) is 0.625. The lowest BCUT2D eigenvalue weighted by Crippen LogP contribution is -2.52. The van der Waals surface area contributed by atoms with Crippen molar-refractivity contribution in [3.8, 4) is 0 Å². The molecular weight excluding hydrogens is 278 g/mol. The van der Waals surface area contributed by atoms with Crippen molar-refractivity contribution >= 4 is 11.6 Å². The summed E-state index contributed by atoms with van der Waals surface area (Å²) in [6.45, 7) is 5.96. The summed E-state index contributed by atoms with van der Waals surface area (Å²) in [6, 6.07) is 4.25. The molecule has 0 bridgehead atoms. The van der Waals surface area contributed by atoms with Gasteiger partial charge in [-0.2, -0.15) is 0 Å². The van der Waals surface area contributed by atoms with E-state index in [0.717, 1.165) is 51.1 Å². The van der Waals surface area contributed by atoms with Gasteiger partial charge >= 0.3 is 0 Å². The van der Waals surface area contributed by atoms with E-state index < -0.39 is 0 Å². The van der Waals surface area contributed by atoms with Crippen LogP contribution >= 0.6 is 0 Å². The van der Waals surface area contributed by atoms with Gasteiger partial charge in [0.15, 0.2) is 0 Å². The monoisotopic (exact) mass is 303 g/mol. The fourth-order valence-electron chi connectivity index (χ4n) is 3.84. The Balaban J connectivity index is 1.65. The fourth-order valence-corrected chi connectivity index (χ4v) is 3.84. The highest BCUT2D eigenvalue weighted by molar-refractivity contribution is 5.77. The second kappa shape index (κ2) is 6.02. The third-order valence-corrected chi connectivity index (χ3v) is 5.16. The van der Waals surface area contributed by atoms with E-state index in [1.807, 2.05) is 18.0 Å². The number of nitrogens with zero attached hydrogens (tertiary/aromatic N) is 4. The third kappa shape index (κ3) is 2.96. The van der Waals surface area contributed by atoms with Crippen molar-refractivity contribution in [1.82, 2.24) is 9.88 Å². The number of hydrogen-bond donors (Lipinski definition) is 2. The molecule has 0 atom stereocenters. The molecule has 22 heavy (non-hydrogen) atoms. The molecule has 3 heterocycles. The average Bonchev–Trinajstić information content (AvgIpc) is 2.55. The summed E-state index contributed by atoms with van der Waals surface area (Å²) in [6.07, 6.45) is 6.55. The lowest BCUT2D eigenvalue weighted by molar-refractivity contribution is 0.103. The number of anilines is 1. The second-order valence-corrected chi connectivity index (χ2v) is 6.63. The molecule has 2 aliphatic heterocycles. The lowest BCUT2D eigenvalue weighted by atomic mass is 9.72. The van der Waals surface area contributed by atoms with Gasteiger partial charge in [0.2, 0.25) is 5.96 Å². The van der Waals surface area contributed by atoms with Gasteiger partial charge in [-0.1, -0.05) is 5.16 Å². The van der Waals surface area contributed by atoms with Gasteiger partial charge in [-0.3, -0.25) is 4.98 Å². The van der Waals surface area contributed by atoms with E-state index in [4.69, 9.17) is 10.9 Å². The molecule has 1 spiro atoms. The van der Waals surface area contributed by atoms with Crippen LogP contribution in [0.15, 0.2) is 23.5 Å². The molecule has 0 saturated carbocycles. The predicted octanol–water partition coefficient (Wildman–Crippen LogP) is 1.78. The average molecular weight is 303 g/mol. The van der Waals surface area contributed by atoms with Gasteiger partial charge in [-0.25, -0.2) is 0 Å². The number of aromatic nitrogens is 1. The summed E-state index contributed by atoms with van der Waals surface area (Å²) in [4.78, 5) is 8.74. The molecule has 0 unspecified atom stereocenters. The van der Waals surface area contributed by atoms with E-state index in [1.165, 1.54) is 12.1 Å². The van der Waals surface area contributed by atoms with Crippen molar-refractivity contribution in [3.63, 3.8) is 0 Å². The molecule has 3 N–H and O–H groups in total. The third-order valence-electron chi connectivity index (χ3n) is 5.16. The number of likely N-dealkylation sites (tertiary alicyclic amines) is 1. The van der Waals surface area contributed by atoms with Crippen LogP contribution in [0.2, 0.25) is 0 Å². The topological polar surface area (TPSA) is 78.0 Å². The first-order valence-corrected chi connectivity index (χ1v) is 8.02. The van der Waals surface area contributed by atoms with Crippen molar-refractivity contribution in [3.05, 3.63) is 24.0 Å². The smallest absolute Gasteiger partial charge is 0.233 e. The molecule has 0 amide bonds. The molecule has 0 aromatic carbocycles. The van der Waals surface area contributed by atoms with Crippen LogP contribution in [0.1, 0.15) is 31.4 Å². The first-order chi connectivity index (χ1) is 10.6. The number of oxime groups is 1.